The second-order valence-corrected chi connectivity index (χ2v) is 6.98. The zero-order chi connectivity index (χ0) is 23.6. The SMILES string of the molecule is COc1ccc(C)cc1NC(=O)CNC(=O)COC(=O)c1occc1COc1ccccc1. The molecule has 9 nitrogen and oxygen atoms in total. The minimum atomic E-state index is -0.809. The number of furan rings is 1. The van der Waals surface area contributed by atoms with Crippen molar-refractivity contribution in [1.29, 1.82) is 0 Å². The minimum absolute atomic E-state index is 0.0528. The predicted molar refractivity (Wildman–Crippen MR) is 119 cm³/mol. The number of esters is 1. The van der Waals surface area contributed by atoms with Crippen molar-refractivity contribution in [3.63, 3.8) is 0 Å². The van der Waals surface area contributed by atoms with Gasteiger partial charge in [0.15, 0.2) is 6.61 Å². The first-order valence-electron chi connectivity index (χ1n) is 10.1. The van der Waals surface area contributed by atoms with E-state index in [4.69, 9.17) is 18.6 Å². The van der Waals surface area contributed by atoms with Gasteiger partial charge in [0, 0.05) is 5.56 Å². The molecule has 0 aliphatic heterocycles. The normalized spacial score (nSPS) is 10.2. The van der Waals surface area contributed by atoms with Crippen molar-refractivity contribution in [2.45, 2.75) is 13.5 Å². The van der Waals surface area contributed by atoms with Crippen molar-refractivity contribution in [3.8, 4) is 11.5 Å². The quantitative estimate of drug-likeness (QED) is 0.454. The molecule has 1 aromatic heterocycles. The first-order valence-corrected chi connectivity index (χ1v) is 10.1. The van der Waals surface area contributed by atoms with Crippen LogP contribution in [-0.4, -0.2) is 38.0 Å². The smallest absolute Gasteiger partial charge is 0.375 e. The van der Waals surface area contributed by atoms with Crippen LogP contribution in [0, 0.1) is 6.92 Å². The fourth-order valence-corrected chi connectivity index (χ4v) is 2.85. The molecule has 0 unspecified atom stereocenters. The van der Waals surface area contributed by atoms with Crippen LogP contribution in [0.5, 0.6) is 11.5 Å². The molecule has 2 aromatic carbocycles. The van der Waals surface area contributed by atoms with Crippen LogP contribution in [0.15, 0.2) is 65.3 Å². The molecule has 9 heteroatoms. The fraction of sp³-hybridized carbons (Fsp3) is 0.208. The number of carbonyl (C=O) groups excluding carboxylic acids is 3. The maximum Gasteiger partial charge on any atom is 0.375 e. The van der Waals surface area contributed by atoms with E-state index in [1.165, 1.54) is 13.4 Å². The van der Waals surface area contributed by atoms with Gasteiger partial charge in [-0.2, -0.15) is 0 Å². The highest BCUT2D eigenvalue weighted by Gasteiger charge is 2.19. The Morgan fingerprint density at radius 1 is 1.00 bits per heavy atom. The monoisotopic (exact) mass is 452 g/mol. The molecule has 172 valence electrons. The van der Waals surface area contributed by atoms with Gasteiger partial charge in [0.25, 0.3) is 5.91 Å². The third kappa shape index (κ3) is 6.86. The molecule has 3 aromatic rings. The Morgan fingerprint density at radius 3 is 2.55 bits per heavy atom. The van der Waals surface area contributed by atoms with E-state index >= 15 is 0 Å². The first kappa shape index (κ1) is 23.4. The van der Waals surface area contributed by atoms with Crippen LogP contribution in [0.2, 0.25) is 0 Å². The summed E-state index contributed by atoms with van der Waals surface area (Å²) in [6, 6.07) is 16.0. The van der Waals surface area contributed by atoms with Gasteiger partial charge < -0.3 is 29.3 Å². The van der Waals surface area contributed by atoms with E-state index in [0.29, 0.717) is 22.7 Å². The van der Waals surface area contributed by atoms with Crippen LogP contribution in [0.25, 0.3) is 0 Å². The van der Waals surface area contributed by atoms with Gasteiger partial charge in [-0.25, -0.2) is 4.79 Å². The Bertz CT molecular complexity index is 1110. The van der Waals surface area contributed by atoms with Gasteiger partial charge >= 0.3 is 5.97 Å². The molecule has 0 saturated heterocycles. The number of ether oxygens (including phenoxy) is 3. The maximum absolute atomic E-state index is 12.3. The lowest BCUT2D eigenvalue weighted by atomic mass is 10.2. The van der Waals surface area contributed by atoms with Crippen LogP contribution in [0.4, 0.5) is 5.69 Å². The van der Waals surface area contributed by atoms with Crippen molar-refractivity contribution < 1.29 is 33.0 Å². The van der Waals surface area contributed by atoms with Crippen LogP contribution < -0.4 is 20.1 Å². The van der Waals surface area contributed by atoms with Crippen molar-refractivity contribution >= 4 is 23.5 Å². The third-order valence-corrected chi connectivity index (χ3v) is 4.48. The number of anilines is 1. The predicted octanol–water partition coefficient (Wildman–Crippen LogP) is 3.09. The zero-order valence-electron chi connectivity index (χ0n) is 18.3. The Labute approximate surface area is 190 Å². The second-order valence-electron chi connectivity index (χ2n) is 6.98. The van der Waals surface area contributed by atoms with Gasteiger partial charge in [0.05, 0.1) is 25.6 Å². The topological polar surface area (TPSA) is 116 Å². The Morgan fingerprint density at radius 2 is 1.79 bits per heavy atom. The number of hydrogen-bond donors (Lipinski definition) is 2. The molecule has 2 N–H and O–H groups in total. The molecule has 1 heterocycles. The minimum Gasteiger partial charge on any atom is -0.495 e. The lowest BCUT2D eigenvalue weighted by Crippen LogP contribution is -2.35. The van der Waals surface area contributed by atoms with E-state index in [-0.39, 0.29) is 18.9 Å². The average Bonchev–Trinajstić information content (AvgIpc) is 3.29. The van der Waals surface area contributed by atoms with E-state index in [0.717, 1.165) is 5.56 Å². The van der Waals surface area contributed by atoms with Crippen molar-refractivity contribution in [2.24, 2.45) is 0 Å². The second kappa shape index (κ2) is 11.4. The van der Waals surface area contributed by atoms with Gasteiger partial charge in [-0.3, -0.25) is 9.59 Å². The number of amides is 2. The first-order chi connectivity index (χ1) is 16.0. The lowest BCUT2D eigenvalue weighted by molar-refractivity contribution is -0.126. The van der Waals surface area contributed by atoms with Gasteiger partial charge in [-0.05, 0) is 42.8 Å². The largest absolute Gasteiger partial charge is 0.495 e. The highest BCUT2D eigenvalue weighted by molar-refractivity contribution is 5.96. The molecule has 0 bridgehead atoms. The summed E-state index contributed by atoms with van der Waals surface area (Å²) in [7, 11) is 1.49. The summed E-state index contributed by atoms with van der Waals surface area (Å²) in [5.74, 6) is -0.814. The standard InChI is InChI=1S/C24H24N2O7/c1-16-8-9-20(30-2)19(12-16)26-21(27)13-25-22(28)15-33-24(29)23-17(10-11-31-23)14-32-18-6-4-3-5-7-18/h3-12H,13-15H2,1-2H3,(H,25,28)(H,26,27). The molecule has 0 saturated carbocycles. The molecule has 3 rings (SSSR count). The van der Waals surface area contributed by atoms with Crippen LogP contribution in [0.1, 0.15) is 21.7 Å². The van der Waals surface area contributed by atoms with Gasteiger partial charge in [0.1, 0.15) is 18.1 Å². The van der Waals surface area contributed by atoms with Crippen LogP contribution in [-0.2, 0) is 20.9 Å². The van der Waals surface area contributed by atoms with E-state index in [9.17, 15) is 14.4 Å². The number of hydrogen-bond acceptors (Lipinski definition) is 7. The highest BCUT2D eigenvalue weighted by Crippen LogP contribution is 2.25. The Balaban J connectivity index is 1.44. The van der Waals surface area contributed by atoms with Crippen molar-refractivity contribution in [3.05, 3.63) is 77.7 Å². The average molecular weight is 452 g/mol. The Hall–Kier alpha value is -4.27. The fourth-order valence-electron chi connectivity index (χ4n) is 2.85. The summed E-state index contributed by atoms with van der Waals surface area (Å²) >= 11 is 0. The Kier molecular flexibility index (Phi) is 8.07. The molecule has 0 aliphatic carbocycles. The number of para-hydroxylation sites is 1. The van der Waals surface area contributed by atoms with E-state index in [1.54, 1.807) is 30.3 Å². The highest BCUT2D eigenvalue weighted by atomic mass is 16.5. The van der Waals surface area contributed by atoms with Crippen LogP contribution in [0.3, 0.4) is 0 Å². The van der Waals surface area contributed by atoms with Gasteiger partial charge in [-0.15, -0.1) is 0 Å². The van der Waals surface area contributed by atoms with E-state index in [1.807, 2.05) is 31.2 Å². The summed E-state index contributed by atoms with van der Waals surface area (Å²) in [6.45, 7) is 1.10. The molecular weight excluding hydrogens is 428 g/mol. The summed E-state index contributed by atoms with van der Waals surface area (Å²) in [4.78, 5) is 36.4. The summed E-state index contributed by atoms with van der Waals surface area (Å²) in [6.07, 6.45) is 1.34. The molecule has 0 radical (unpaired) electrons. The summed E-state index contributed by atoms with van der Waals surface area (Å²) < 4.78 is 21.0. The van der Waals surface area contributed by atoms with Crippen molar-refractivity contribution in [1.82, 2.24) is 5.32 Å². The van der Waals surface area contributed by atoms with E-state index in [2.05, 4.69) is 10.6 Å². The van der Waals surface area contributed by atoms with Crippen LogP contribution >= 0.6 is 0 Å². The molecule has 0 aliphatic rings. The third-order valence-electron chi connectivity index (χ3n) is 4.48. The summed E-state index contributed by atoms with van der Waals surface area (Å²) in [5, 5.41) is 5.06. The number of methoxy groups -OCH3 is 1. The number of benzene rings is 2. The van der Waals surface area contributed by atoms with Gasteiger partial charge in [0.2, 0.25) is 11.7 Å². The number of rotatable bonds is 10. The zero-order valence-corrected chi connectivity index (χ0v) is 18.3. The molecule has 33 heavy (non-hydrogen) atoms. The maximum atomic E-state index is 12.3. The summed E-state index contributed by atoms with van der Waals surface area (Å²) in [5.41, 5.74) is 1.91. The number of carbonyl (C=O) groups is 3. The molecule has 0 atom stereocenters. The number of aryl methyl sites for hydroxylation is 1. The van der Waals surface area contributed by atoms with Crippen molar-refractivity contribution in [2.75, 3.05) is 25.6 Å². The molecular formula is C24H24N2O7. The molecule has 2 amide bonds. The van der Waals surface area contributed by atoms with Gasteiger partial charge in [-0.1, -0.05) is 24.3 Å². The molecule has 0 spiro atoms. The lowest BCUT2D eigenvalue weighted by Gasteiger charge is -2.11. The van der Waals surface area contributed by atoms with E-state index < -0.39 is 24.4 Å². The number of nitrogens with one attached hydrogen (secondary N) is 2. The molecule has 0 fully saturated rings.